The van der Waals surface area contributed by atoms with Gasteiger partial charge in [-0.05, 0) is 16.7 Å². The first-order valence-corrected chi connectivity index (χ1v) is 7.83. The van der Waals surface area contributed by atoms with E-state index < -0.39 is 0 Å². The summed E-state index contributed by atoms with van der Waals surface area (Å²) in [5, 5.41) is 3.28. The summed E-state index contributed by atoms with van der Waals surface area (Å²) >= 11 is 0. The highest BCUT2D eigenvalue weighted by Gasteiger charge is 2.43. The van der Waals surface area contributed by atoms with Gasteiger partial charge in [0.15, 0.2) is 5.78 Å². The summed E-state index contributed by atoms with van der Waals surface area (Å²) in [6, 6.07) is 28.2. The second-order valence-corrected chi connectivity index (χ2v) is 5.84. The highest BCUT2D eigenvalue weighted by molar-refractivity contribution is 6.03. The highest BCUT2D eigenvalue weighted by atomic mass is 16.1. The van der Waals surface area contributed by atoms with Gasteiger partial charge in [0.05, 0.1) is 12.1 Å². The summed E-state index contributed by atoms with van der Waals surface area (Å²) in [4.78, 5) is 12.6. The van der Waals surface area contributed by atoms with Crippen molar-refractivity contribution in [3.05, 3.63) is 96.1 Å². The number of Topliss-reactive ketones (excluding diaryl/α,β-unsaturated/α-hetero) is 1. The molecule has 1 fully saturated rings. The molecule has 23 heavy (non-hydrogen) atoms. The lowest BCUT2D eigenvalue weighted by molar-refractivity contribution is 0.0988. The van der Waals surface area contributed by atoms with Crippen LogP contribution in [0.5, 0.6) is 0 Å². The van der Waals surface area contributed by atoms with Crippen molar-refractivity contribution in [1.82, 2.24) is 5.32 Å². The second kappa shape index (κ2) is 5.82. The SMILES string of the molecule is O=C(c1ccc(-c2ccccc2)cc1)[C@@H]1N[C@H]1c1ccccc1. The monoisotopic (exact) mass is 299 g/mol. The molecule has 0 spiro atoms. The van der Waals surface area contributed by atoms with Crippen molar-refractivity contribution in [3.8, 4) is 11.1 Å². The maximum atomic E-state index is 12.6. The van der Waals surface area contributed by atoms with E-state index >= 15 is 0 Å². The van der Waals surface area contributed by atoms with Gasteiger partial charge in [0.2, 0.25) is 0 Å². The third kappa shape index (κ3) is 2.81. The van der Waals surface area contributed by atoms with Crippen LogP contribution in [-0.4, -0.2) is 11.8 Å². The van der Waals surface area contributed by atoms with Crippen LogP contribution in [0.25, 0.3) is 11.1 Å². The highest BCUT2D eigenvalue weighted by Crippen LogP contribution is 2.32. The average Bonchev–Trinajstić information content (AvgIpc) is 3.44. The van der Waals surface area contributed by atoms with Crippen molar-refractivity contribution in [1.29, 1.82) is 0 Å². The molecule has 4 rings (SSSR count). The molecule has 1 aliphatic rings. The molecule has 0 aromatic heterocycles. The van der Waals surface area contributed by atoms with E-state index in [1.54, 1.807) is 0 Å². The summed E-state index contributed by atoms with van der Waals surface area (Å²) < 4.78 is 0. The molecule has 0 unspecified atom stereocenters. The van der Waals surface area contributed by atoms with Crippen LogP contribution in [0.4, 0.5) is 0 Å². The van der Waals surface area contributed by atoms with Crippen molar-refractivity contribution in [2.75, 3.05) is 0 Å². The predicted molar refractivity (Wildman–Crippen MR) is 92.3 cm³/mol. The van der Waals surface area contributed by atoms with Crippen LogP contribution < -0.4 is 5.32 Å². The van der Waals surface area contributed by atoms with Crippen molar-refractivity contribution in [3.63, 3.8) is 0 Å². The van der Waals surface area contributed by atoms with Crippen molar-refractivity contribution >= 4 is 5.78 Å². The van der Waals surface area contributed by atoms with Crippen LogP contribution >= 0.6 is 0 Å². The van der Waals surface area contributed by atoms with Crippen LogP contribution in [0.1, 0.15) is 22.0 Å². The minimum atomic E-state index is -0.0972. The van der Waals surface area contributed by atoms with Crippen molar-refractivity contribution < 1.29 is 4.79 Å². The Morgan fingerprint density at radius 2 is 1.26 bits per heavy atom. The van der Waals surface area contributed by atoms with E-state index in [-0.39, 0.29) is 17.9 Å². The zero-order chi connectivity index (χ0) is 15.6. The smallest absolute Gasteiger partial charge is 0.181 e. The summed E-state index contributed by atoms with van der Waals surface area (Å²) in [6.07, 6.45) is 0. The Bertz CT molecular complexity index is 809. The van der Waals surface area contributed by atoms with Gasteiger partial charge in [-0.15, -0.1) is 0 Å². The first-order valence-electron chi connectivity index (χ1n) is 7.83. The molecule has 2 heteroatoms. The molecule has 112 valence electrons. The maximum Gasteiger partial charge on any atom is 0.181 e. The van der Waals surface area contributed by atoms with Crippen LogP contribution in [0, 0.1) is 0 Å². The van der Waals surface area contributed by atoms with Gasteiger partial charge in [-0.25, -0.2) is 0 Å². The van der Waals surface area contributed by atoms with Gasteiger partial charge >= 0.3 is 0 Å². The molecular weight excluding hydrogens is 282 g/mol. The fraction of sp³-hybridized carbons (Fsp3) is 0.0952. The zero-order valence-corrected chi connectivity index (χ0v) is 12.6. The van der Waals surface area contributed by atoms with E-state index in [9.17, 15) is 4.79 Å². The number of ketones is 1. The van der Waals surface area contributed by atoms with Crippen molar-refractivity contribution in [2.45, 2.75) is 12.1 Å². The van der Waals surface area contributed by atoms with Crippen LogP contribution in [0.15, 0.2) is 84.9 Å². The van der Waals surface area contributed by atoms with Gasteiger partial charge < -0.3 is 0 Å². The van der Waals surface area contributed by atoms with Gasteiger partial charge in [-0.3, -0.25) is 10.1 Å². The van der Waals surface area contributed by atoms with Gasteiger partial charge in [0.1, 0.15) is 0 Å². The molecule has 0 aliphatic carbocycles. The molecule has 0 amide bonds. The number of hydrogen-bond donors (Lipinski definition) is 1. The Kier molecular flexibility index (Phi) is 3.52. The third-order valence-electron chi connectivity index (χ3n) is 4.30. The van der Waals surface area contributed by atoms with Gasteiger partial charge in [0.25, 0.3) is 0 Å². The first kappa shape index (κ1) is 13.9. The summed E-state index contributed by atoms with van der Waals surface area (Å²) in [5.41, 5.74) is 4.23. The number of benzene rings is 3. The fourth-order valence-electron chi connectivity index (χ4n) is 2.95. The molecule has 0 radical (unpaired) electrons. The largest absolute Gasteiger partial charge is 0.297 e. The molecule has 1 aliphatic heterocycles. The molecule has 3 aromatic rings. The molecule has 0 bridgehead atoms. The van der Waals surface area contributed by atoms with E-state index in [1.807, 2.05) is 60.7 Å². The molecule has 2 nitrogen and oxygen atoms in total. The van der Waals surface area contributed by atoms with Crippen LogP contribution in [0.2, 0.25) is 0 Å². The Hall–Kier alpha value is -2.71. The molecule has 2 atom stereocenters. The lowest BCUT2D eigenvalue weighted by Crippen LogP contribution is -2.10. The zero-order valence-electron chi connectivity index (χ0n) is 12.6. The van der Waals surface area contributed by atoms with Crippen molar-refractivity contribution in [2.24, 2.45) is 0 Å². The lowest BCUT2D eigenvalue weighted by Gasteiger charge is -2.03. The van der Waals surface area contributed by atoms with E-state index in [1.165, 1.54) is 11.1 Å². The van der Waals surface area contributed by atoms with E-state index in [4.69, 9.17) is 0 Å². The maximum absolute atomic E-state index is 12.6. The number of nitrogens with one attached hydrogen (secondary N) is 1. The Balaban J connectivity index is 1.50. The normalized spacial score (nSPS) is 19.3. The number of rotatable bonds is 4. The quantitative estimate of drug-likeness (QED) is 0.578. The Morgan fingerprint density at radius 3 is 1.91 bits per heavy atom. The van der Waals surface area contributed by atoms with E-state index in [2.05, 4.69) is 29.6 Å². The van der Waals surface area contributed by atoms with Gasteiger partial charge in [-0.1, -0.05) is 84.9 Å². The molecule has 1 heterocycles. The average molecular weight is 299 g/mol. The van der Waals surface area contributed by atoms with Crippen LogP contribution in [0.3, 0.4) is 0 Å². The summed E-state index contributed by atoms with van der Waals surface area (Å²) in [6.45, 7) is 0. The van der Waals surface area contributed by atoms with Gasteiger partial charge in [0, 0.05) is 5.56 Å². The van der Waals surface area contributed by atoms with Gasteiger partial charge in [-0.2, -0.15) is 0 Å². The first-order chi connectivity index (χ1) is 11.3. The summed E-state index contributed by atoms with van der Waals surface area (Å²) in [7, 11) is 0. The molecule has 3 aromatic carbocycles. The van der Waals surface area contributed by atoms with E-state index in [0.29, 0.717) is 0 Å². The molecular formula is C21H17NO. The number of carbonyl (C=O) groups excluding carboxylic acids is 1. The fourth-order valence-corrected chi connectivity index (χ4v) is 2.95. The second-order valence-electron chi connectivity index (χ2n) is 5.84. The minimum Gasteiger partial charge on any atom is -0.297 e. The third-order valence-corrected chi connectivity index (χ3v) is 4.30. The van der Waals surface area contributed by atoms with Crippen LogP contribution in [-0.2, 0) is 0 Å². The minimum absolute atomic E-state index is 0.0972. The lowest BCUT2D eigenvalue weighted by atomic mass is 9.99. The van der Waals surface area contributed by atoms with E-state index in [0.717, 1.165) is 11.1 Å². The topological polar surface area (TPSA) is 39.0 Å². The predicted octanol–water partition coefficient (Wildman–Crippen LogP) is 4.25. The molecule has 0 saturated carbocycles. The Morgan fingerprint density at radius 1 is 0.696 bits per heavy atom. The molecule has 1 saturated heterocycles. The molecule has 1 N–H and O–H groups in total. The number of carbonyl (C=O) groups is 1. The number of hydrogen-bond acceptors (Lipinski definition) is 2. The standard InChI is InChI=1S/C21H17NO/c23-21(20-19(22-20)17-9-5-2-6-10-17)18-13-11-16(12-14-18)15-7-3-1-4-8-15/h1-14,19-20,22H/t19-,20+/m0/s1. The summed E-state index contributed by atoms with van der Waals surface area (Å²) in [5.74, 6) is 0.165. The Labute approximate surface area is 135 Å².